The molecule has 1 atom stereocenters. The van der Waals surface area contributed by atoms with Crippen molar-refractivity contribution >= 4 is 11.9 Å². The number of hydrogen-bond donors (Lipinski definition) is 0. The molecule has 0 N–H and O–H groups in total. The van der Waals surface area contributed by atoms with E-state index in [4.69, 9.17) is 18.6 Å². The van der Waals surface area contributed by atoms with E-state index in [9.17, 15) is 19.3 Å². The highest BCUT2D eigenvalue weighted by atomic mass is 19.1. The predicted molar refractivity (Wildman–Crippen MR) is 95.5 cm³/mol. The lowest BCUT2D eigenvalue weighted by Gasteiger charge is -2.28. The molecule has 0 aliphatic carbocycles. The summed E-state index contributed by atoms with van der Waals surface area (Å²) in [6.07, 6.45) is -0.684. The monoisotopic (exact) mass is 399 g/mol. The van der Waals surface area contributed by atoms with Crippen LogP contribution in [0.15, 0.2) is 59.0 Å². The van der Waals surface area contributed by atoms with Gasteiger partial charge in [-0.3, -0.25) is 10.1 Å². The van der Waals surface area contributed by atoms with E-state index in [-0.39, 0.29) is 19.0 Å². The summed E-state index contributed by atoms with van der Waals surface area (Å²) in [5.41, 5.74) is 1.57. The topological polar surface area (TPSA) is 101 Å². The van der Waals surface area contributed by atoms with E-state index in [1.54, 1.807) is 0 Å². The first-order valence-corrected chi connectivity index (χ1v) is 8.57. The minimum atomic E-state index is -0.914. The number of carbonyl (C=O) groups excluding carboxylic acids is 1. The van der Waals surface area contributed by atoms with Gasteiger partial charge in [0.2, 0.25) is 12.1 Å². The maximum atomic E-state index is 14.0. The van der Waals surface area contributed by atoms with Crippen LogP contribution in [0.4, 0.5) is 10.3 Å². The number of fused-ring (bicyclic) bond motifs is 1. The van der Waals surface area contributed by atoms with Crippen molar-refractivity contribution in [3.05, 3.63) is 93.0 Å². The summed E-state index contributed by atoms with van der Waals surface area (Å²) >= 11 is 0. The number of nitro groups is 1. The van der Waals surface area contributed by atoms with Gasteiger partial charge in [-0.05, 0) is 18.2 Å². The summed E-state index contributed by atoms with van der Waals surface area (Å²) < 4.78 is 35.4. The van der Waals surface area contributed by atoms with Gasteiger partial charge in [0.25, 0.3) is 0 Å². The highest BCUT2D eigenvalue weighted by molar-refractivity contribution is 5.86. The predicted octanol–water partition coefficient (Wildman–Crippen LogP) is 4.29. The second-order valence-electron chi connectivity index (χ2n) is 6.20. The zero-order valence-electron chi connectivity index (χ0n) is 14.9. The number of esters is 1. The third kappa shape index (κ3) is 3.94. The maximum absolute atomic E-state index is 14.0. The zero-order chi connectivity index (χ0) is 20.4. The van der Waals surface area contributed by atoms with E-state index in [1.165, 1.54) is 12.1 Å². The van der Waals surface area contributed by atoms with Crippen LogP contribution in [-0.4, -0.2) is 10.9 Å². The van der Waals surface area contributed by atoms with Crippen LogP contribution in [0, 0.1) is 15.9 Å². The van der Waals surface area contributed by atoms with Crippen molar-refractivity contribution in [2.75, 3.05) is 0 Å². The van der Waals surface area contributed by atoms with Gasteiger partial charge in [-0.25, -0.2) is 9.18 Å². The third-order valence-electron chi connectivity index (χ3n) is 4.23. The van der Waals surface area contributed by atoms with Crippen LogP contribution in [-0.2, 0) is 22.7 Å². The van der Waals surface area contributed by atoms with E-state index in [0.29, 0.717) is 16.9 Å². The summed E-state index contributed by atoms with van der Waals surface area (Å²) in [4.78, 5) is 22.0. The Hall–Kier alpha value is -3.72. The van der Waals surface area contributed by atoms with Crippen LogP contribution in [0.2, 0.25) is 0 Å². The van der Waals surface area contributed by atoms with Gasteiger partial charge in [-0.1, -0.05) is 30.3 Å². The quantitative estimate of drug-likeness (QED) is 0.358. The molecule has 148 valence electrons. The lowest BCUT2D eigenvalue weighted by Crippen LogP contribution is -2.20. The van der Waals surface area contributed by atoms with Crippen LogP contribution in [0.25, 0.3) is 0 Å². The fraction of sp³-hybridized carbons (Fsp3) is 0.150. The molecule has 0 spiro atoms. The van der Waals surface area contributed by atoms with Gasteiger partial charge in [-0.2, -0.15) is 0 Å². The summed E-state index contributed by atoms with van der Waals surface area (Å²) in [5.74, 6) is -1.99. The van der Waals surface area contributed by atoms with Crippen molar-refractivity contribution in [1.29, 1.82) is 0 Å². The van der Waals surface area contributed by atoms with E-state index < -0.39 is 28.9 Å². The van der Waals surface area contributed by atoms with Crippen LogP contribution in [0.1, 0.15) is 33.5 Å². The number of carbonyl (C=O) groups is 1. The Morgan fingerprint density at radius 1 is 1.21 bits per heavy atom. The molecule has 9 heteroatoms. The fourth-order valence-corrected chi connectivity index (χ4v) is 2.91. The second-order valence-corrected chi connectivity index (χ2v) is 6.20. The van der Waals surface area contributed by atoms with Gasteiger partial charge in [0.1, 0.15) is 23.1 Å². The number of rotatable bonds is 5. The van der Waals surface area contributed by atoms with Gasteiger partial charge < -0.3 is 18.6 Å². The summed E-state index contributed by atoms with van der Waals surface area (Å²) in [6, 6.07) is 13.9. The van der Waals surface area contributed by atoms with E-state index in [2.05, 4.69) is 0 Å². The van der Waals surface area contributed by atoms with Crippen LogP contribution in [0.5, 0.6) is 5.75 Å². The lowest BCUT2D eigenvalue weighted by molar-refractivity contribution is -0.402. The largest absolute Gasteiger partial charge is 0.460 e. The summed E-state index contributed by atoms with van der Waals surface area (Å²) in [5, 5.41) is 10.7. The minimum absolute atomic E-state index is 0.123. The van der Waals surface area contributed by atoms with Crippen molar-refractivity contribution in [1.82, 2.24) is 0 Å². The van der Waals surface area contributed by atoms with Crippen LogP contribution < -0.4 is 4.74 Å². The fourth-order valence-electron chi connectivity index (χ4n) is 2.91. The Kier molecular flexibility index (Phi) is 4.96. The molecule has 2 heterocycles. The highest BCUT2D eigenvalue weighted by Gasteiger charge is 2.26. The molecule has 0 unspecified atom stereocenters. The Labute approximate surface area is 163 Å². The third-order valence-corrected chi connectivity index (χ3v) is 4.23. The SMILES string of the molecule is O=C(OCc1cc(F)cc2c1O[C@@H](c1ccccc1)OC2)c1ccc([N+](=O)[O-])o1. The molecule has 4 rings (SSSR count). The van der Waals surface area contributed by atoms with E-state index >= 15 is 0 Å². The van der Waals surface area contributed by atoms with Gasteiger partial charge in [-0.15, -0.1) is 0 Å². The molecule has 0 fully saturated rings. The number of furan rings is 1. The zero-order valence-corrected chi connectivity index (χ0v) is 14.9. The molecule has 29 heavy (non-hydrogen) atoms. The average Bonchev–Trinajstić information content (AvgIpc) is 3.23. The Bertz CT molecular complexity index is 1060. The number of hydrogen-bond acceptors (Lipinski definition) is 7. The maximum Gasteiger partial charge on any atom is 0.433 e. The molecule has 0 radical (unpaired) electrons. The normalized spacial score (nSPS) is 15.3. The average molecular weight is 399 g/mol. The summed E-state index contributed by atoms with van der Waals surface area (Å²) in [7, 11) is 0. The number of nitrogens with zero attached hydrogens (tertiary/aromatic N) is 1. The Morgan fingerprint density at radius 3 is 2.72 bits per heavy atom. The van der Waals surface area contributed by atoms with Gasteiger partial charge in [0.15, 0.2) is 0 Å². The minimum Gasteiger partial charge on any atom is -0.460 e. The van der Waals surface area contributed by atoms with Gasteiger partial charge in [0, 0.05) is 16.7 Å². The molecule has 0 saturated carbocycles. The standard InChI is InChI=1S/C20H14FNO7/c21-15-8-13(10-26-19(23)16-6-7-17(28-16)22(24)25)18-14(9-15)11-27-20(29-18)12-4-2-1-3-5-12/h1-9,20H,10-11H2/t20-/m0/s1. The molecule has 1 aromatic heterocycles. The van der Waals surface area contributed by atoms with Gasteiger partial charge >= 0.3 is 11.9 Å². The van der Waals surface area contributed by atoms with Crippen molar-refractivity contribution in [3.8, 4) is 5.75 Å². The molecule has 1 aliphatic rings. The molecule has 3 aromatic rings. The highest BCUT2D eigenvalue weighted by Crippen LogP contribution is 2.37. The van der Waals surface area contributed by atoms with Crippen LogP contribution in [0.3, 0.4) is 0 Å². The number of halogens is 1. The Morgan fingerprint density at radius 2 is 2.00 bits per heavy atom. The first-order valence-electron chi connectivity index (χ1n) is 8.57. The first kappa shape index (κ1) is 18.6. The first-order chi connectivity index (χ1) is 14.0. The smallest absolute Gasteiger partial charge is 0.433 e. The molecular weight excluding hydrogens is 385 g/mol. The van der Waals surface area contributed by atoms with E-state index in [0.717, 1.165) is 17.7 Å². The van der Waals surface area contributed by atoms with E-state index in [1.807, 2.05) is 30.3 Å². The van der Waals surface area contributed by atoms with Crippen molar-refractivity contribution in [2.45, 2.75) is 19.5 Å². The molecule has 2 aromatic carbocycles. The molecular formula is C20H14FNO7. The number of benzene rings is 2. The Balaban J connectivity index is 1.53. The lowest BCUT2D eigenvalue weighted by atomic mass is 10.1. The molecule has 0 saturated heterocycles. The van der Waals surface area contributed by atoms with Crippen molar-refractivity contribution < 1.29 is 32.7 Å². The van der Waals surface area contributed by atoms with Crippen LogP contribution >= 0.6 is 0 Å². The number of ether oxygens (including phenoxy) is 3. The van der Waals surface area contributed by atoms with Crippen molar-refractivity contribution in [3.63, 3.8) is 0 Å². The molecule has 0 amide bonds. The molecule has 1 aliphatic heterocycles. The molecule has 8 nitrogen and oxygen atoms in total. The summed E-state index contributed by atoms with van der Waals surface area (Å²) in [6.45, 7) is -0.188. The molecule has 0 bridgehead atoms. The second kappa shape index (κ2) is 7.72. The van der Waals surface area contributed by atoms with Gasteiger partial charge in [0.05, 0.1) is 12.7 Å². The van der Waals surface area contributed by atoms with Crippen molar-refractivity contribution in [2.24, 2.45) is 0 Å².